The molecule has 0 aliphatic carbocycles. The average molecular weight is 380 g/mol. The fourth-order valence-corrected chi connectivity index (χ4v) is 3.69. The summed E-state index contributed by atoms with van der Waals surface area (Å²) in [7, 11) is 0. The lowest BCUT2D eigenvalue weighted by Crippen LogP contribution is -2.43. The van der Waals surface area contributed by atoms with Gasteiger partial charge in [-0.25, -0.2) is 4.98 Å². The number of fused-ring (bicyclic) bond motifs is 1. The number of benzene rings is 1. The zero-order valence-electron chi connectivity index (χ0n) is 15.7. The van der Waals surface area contributed by atoms with E-state index in [2.05, 4.69) is 20.9 Å². The molecule has 7 heteroatoms. The van der Waals surface area contributed by atoms with Gasteiger partial charge in [-0.3, -0.25) is 9.59 Å². The zero-order valence-corrected chi connectivity index (χ0v) is 15.7. The molecule has 4 rings (SSSR count). The van der Waals surface area contributed by atoms with Crippen LogP contribution < -0.4 is 5.32 Å². The van der Waals surface area contributed by atoms with E-state index in [0.717, 1.165) is 24.0 Å². The van der Waals surface area contributed by atoms with Crippen molar-refractivity contribution in [3.8, 4) is 0 Å². The molecular formula is C21H24N4O3. The van der Waals surface area contributed by atoms with E-state index in [4.69, 9.17) is 4.42 Å². The van der Waals surface area contributed by atoms with Gasteiger partial charge in [-0.15, -0.1) is 0 Å². The van der Waals surface area contributed by atoms with Crippen LogP contribution in [0.25, 0.3) is 11.0 Å². The van der Waals surface area contributed by atoms with E-state index in [0.29, 0.717) is 38.2 Å². The highest BCUT2D eigenvalue weighted by Crippen LogP contribution is 2.19. The summed E-state index contributed by atoms with van der Waals surface area (Å²) in [5, 5.41) is 3.04. The second kappa shape index (κ2) is 8.29. The summed E-state index contributed by atoms with van der Waals surface area (Å²) in [6.07, 6.45) is 5.56. The van der Waals surface area contributed by atoms with Crippen LogP contribution in [0.1, 0.15) is 29.8 Å². The third kappa shape index (κ3) is 3.93. The molecule has 0 saturated carbocycles. The molecule has 1 aliphatic rings. The second-order valence-electron chi connectivity index (χ2n) is 7.12. The Bertz CT molecular complexity index is 940. The van der Waals surface area contributed by atoms with E-state index in [1.54, 1.807) is 17.0 Å². The number of carbonyl (C=O) groups is 2. The summed E-state index contributed by atoms with van der Waals surface area (Å²) in [5.74, 6) is 0.307. The molecule has 0 spiro atoms. The van der Waals surface area contributed by atoms with Crippen LogP contribution >= 0.6 is 0 Å². The standard InChI is InChI=1S/C21H24N4O3/c26-20(16-8-12-24(13-9-16)21(27)19-7-3-14-28-19)22-10-4-11-25-15-23-17-5-1-2-6-18(17)25/h1-3,5-7,14-16H,4,8-13H2,(H,22,26). The number of likely N-dealkylation sites (tertiary alicyclic amines) is 1. The lowest BCUT2D eigenvalue weighted by Gasteiger charge is -2.30. The van der Waals surface area contributed by atoms with Gasteiger partial charge in [-0.1, -0.05) is 12.1 Å². The number of imidazole rings is 1. The van der Waals surface area contributed by atoms with Crippen molar-refractivity contribution in [3.63, 3.8) is 0 Å². The van der Waals surface area contributed by atoms with E-state index < -0.39 is 0 Å². The molecule has 7 nitrogen and oxygen atoms in total. The Morgan fingerprint density at radius 1 is 1.14 bits per heavy atom. The number of hydrogen-bond donors (Lipinski definition) is 1. The topological polar surface area (TPSA) is 80.4 Å². The highest BCUT2D eigenvalue weighted by molar-refractivity contribution is 5.91. The maximum absolute atomic E-state index is 12.4. The van der Waals surface area contributed by atoms with Gasteiger partial charge >= 0.3 is 0 Å². The van der Waals surface area contributed by atoms with Crippen LogP contribution in [0.15, 0.2) is 53.4 Å². The summed E-state index contributed by atoms with van der Waals surface area (Å²) in [5.41, 5.74) is 2.10. The number of nitrogens with zero attached hydrogens (tertiary/aromatic N) is 3. The second-order valence-corrected chi connectivity index (χ2v) is 7.12. The van der Waals surface area contributed by atoms with Gasteiger partial charge in [-0.05, 0) is 43.5 Å². The summed E-state index contributed by atoms with van der Waals surface area (Å²) < 4.78 is 7.28. The highest BCUT2D eigenvalue weighted by Gasteiger charge is 2.28. The number of carbonyl (C=O) groups excluding carboxylic acids is 2. The summed E-state index contributed by atoms with van der Waals surface area (Å²) in [6.45, 7) is 2.62. The molecule has 1 saturated heterocycles. The number of piperidine rings is 1. The predicted molar refractivity (Wildman–Crippen MR) is 105 cm³/mol. The number of furan rings is 1. The summed E-state index contributed by atoms with van der Waals surface area (Å²) in [4.78, 5) is 30.8. The molecule has 0 atom stereocenters. The molecule has 3 heterocycles. The lowest BCUT2D eigenvalue weighted by atomic mass is 9.95. The molecule has 2 amide bonds. The Morgan fingerprint density at radius 2 is 1.96 bits per heavy atom. The molecule has 146 valence electrons. The van der Waals surface area contributed by atoms with Crippen LogP contribution in [0, 0.1) is 5.92 Å². The quantitative estimate of drug-likeness (QED) is 0.667. The number of hydrogen-bond acceptors (Lipinski definition) is 4. The van der Waals surface area contributed by atoms with Crippen molar-refractivity contribution in [2.45, 2.75) is 25.8 Å². The van der Waals surface area contributed by atoms with Crippen molar-refractivity contribution >= 4 is 22.8 Å². The first-order valence-electron chi connectivity index (χ1n) is 9.73. The molecule has 1 fully saturated rings. The van der Waals surface area contributed by atoms with E-state index in [1.807, 2.05) is 24.5 Å². The maximum atomic E-state index is 12.4. The van der Waals surface area contributed by atoms with E-state index in [9.17, 15) is 9.59 Å². The summed E-state index contributed by atoms with van der Waals surface area (Å²) >= 11 is 0. The minimum Gasteiger partial charge on any atom is -0.459 e. The van der Waals surface area contributed by atoms with Gasteiger partial charge < -0.3 is 19.2 Å². The molecular weight excluding hydrogens is 356 g/mol. The number of para-hydroxylation sites is 2. The molecule has 28 heavy (non-hydrogen) atoms. The first-order chi connectivity index (χ1) is 13.7. The van der Waals surface area contributed by atoms with Crippen LogP contribution in [0.2, 0.25) is 0 Å². The molecule has 1 N–H and O–H groups in total. The average Bonchev–Trinajstić information content (AvgIpc) is 3.41. The van der Waals surface area contributed by atoms with Crippen molar-refractivity contribution in [2.75, 3.05) is 19.6 Å². The lowest BCUT2D eigenvalue weighted by molar-refractivity contribution is -0.126. The van der Waals surface area contributed by atoms with E-state index >= 15 is 0 Å². The van der Waals surface area contributed by atoms with Gasteiger partial charge in [-0.2, -0.15) is 0 Å². The Kier molecular flexibility index (Phi) is 5.41. The minimum atomic E-state index is -0.101. The summed E-state index contributed by atoms with van der Waals surface area (Å²) in [6, 6.07) is 11.4. The van der Waals surface area contributed by atoms with Gasteiger partial charge in [0, 0.05) is 32.1 Å². The third-order valence-corrected chi connectivity index (χ3v) is 5.29. The predicted octanol–water partition coefficient (Wildman–Crippen LogP) is 2.69. The van der Waals surface area contributed by atoms with Gasteiger partial charge in [0.25, 0.3) is 5.91 Å². The van der Waals surface area contributed by atoms with Crippen LogP contribution in [0.4, 0.5) is 0 Å². The molecule has 1 aliphatic heterocycles. The Balaban J connectivity index is 1.19. The van der Waals surface area contributed by atoms with Crippen LogP contribution in [0.3, 0.4) is 0 Å². The number of aromatic nitrogens is 2. The van der Waals surface area contributed by atoms with Crippen molar-refractivity contribution < 1.29 is 14.0 Å². The molecule has 0 radical (unpaired) electrons. The Hall–Kier alpha value is -3.09. The molecule has 2 aromatic heterocycles. The van der Waals surface area contributed by atoms with Gasteiger partial charge in [0.15, 0.2) is 5.76 Å². The first-order valence-corrected chi connectivity index (χ1v) is 9.73. The van der Waals surface area contributed by atoms with Gasteiger partial charge in [0.05, 0.1) is 23.6 Å². The molecule has 0 bridgehead atoms. The monoisotopic (exact) mass is 380 g/mol. The number of nitrogens with one attached hydrogen (secondary N) is 1. The normalized spacial score (nSPS) is 15.1. The van der Waals surface area contributed by atoms with Crippen LogP contribution in [0.5, 0.6) is 0 Å². The highest BCUT2D eigenvalue weighted by atomic mass is 16.3. The fraction of sp³-hybridized carbons (Fsp3) is 0.381. The number of aryl methyl sites for hydroxylation is 1. The minimum absolute atomic E-state index is 0.0327. The Labute approximate surface area is 163 Å². The first kappa shape index (κ1) is 18.3. The number of rotatable bonds is 6. The van der Waals surface area contributed by atoms with Gasteiger partial charge in [0.1, 0.15) is 0 Å². The van der Waals surface area contributed by atoms with Crippen molar-refractivity contribution in [1.82, 2.24) is 19.8 Å². The SMILES string of the molecule is O=C(NCCCn1cnc2ccccc21)C1CCN(C(=O)c2ccco2)CC1. The number of amides is 2. The van der Waals surface area contributed by atoms with Crippen LogP contribution in [-0.2, 0) is 11.3 Å². The van der Waals surface area contributed by atoms with Crippen LogP contribution in [-0.4, -0.2) is 45.9 Å². The zero-order chi connectivity index (χ0) is 19.3. The van der Waals surface area contributed by atoms with Crippen molar-refractivity contribution in [2.24, 2.45) is 5.92 Å². The maximum Gasteiger partial charge on any atom is 0.289 e. The molecule has 1 aromatic carbocycles. The fourth-order valence-electron chi connectivity index (χ4n) is 3.69. The molecule has 3 aromatic rings. The third-order valence-electron chi connectivity index (χ3n) is 5.29. The van der Waals surface area contributed by atoms with E-state index in [1.165, 1.54) is 6.26 Å². The largest absolute Gasteiger partial charge is 0.459 e. The smallest absolute Gasteiger partial charge is 0.289 e. The van der Waals surface area contributed by atoms with Gasteiger partial charge in [0.2, 0.25) is 5.91 Å². The Morgan fingerprint density at radius 3 is 2.75 bits per heavy atom. The van der Waals surface area contributed by atoms with E-state index in [-0.39, 0.29) is 17.7 Å². The van der Waals surface area contributed by atoms with Crippen molar-refractivity contribution in [1.29, 1.82) is 0 Å². The molecule has 0 unspecified atom stereocenters. The van der Waals surface area contributed by atoms with Crippen molar-refractivity contribution in [3.05, 3.63) is 54.7 Å².